The van der Waals surface area contributed by atoms with E-state index in [1.807, 2.05) is 32.0 Å². The van der Waals surface area contributed by atoms with Crippen molar-refractivity contribution in [1.82, 2.24) is 0 Å². The number of imide groups is 1. The summed E-state index contributed by atoms with van der Waals surface area (Å²) in [6.45, 7) is 3.92. The first-order valence-corrected chi connectivity index (χ1v) is 11.0. The number of hydrogen-bond acceptors (Lipinski definition) is 3. The van der Waals surface area contributed by atoms with Crippen molar-refractivity contribution in [3.8, 4) is 0 Å². The molecule has 2 bridgehead atoms. The third-order valence-electron chi connectivity index (χ3n) is 7.67. The van der Waals surface area contributed by atoms with E-state index in [0.29, 0.717) is 23.1 Å². The van der Waals surface area contributed by atoms with Crippen LogP contribution in [-0.2, 0) is 9.59 Å². The Morgan fingerprint density at radius 3 is 2.29 bits per heavy atom. The molecule has 2 aromatic carbocycles. The van der Waals surface area contributed by atoms with Crippen LogP contribution in [0.1, 0.15) is 27.9 Å². The maximum Gasteiger partial charge on any atom is 0.255 e. The molecule has 0 radical (unpaired) electrons. The number of aryl methyl sites for hydroxylation is 2. The SMILES string of the molecule is Cc1ccc(C)c(NC(=O)c2cccc(N3C(=O)[C@@H]4[C@H]5C=C[C@@H]([C@@H]6C[C@H]56)[C@@H]4C3=O)c2)c1. The van der Waals surface area contributed by atoms with Gasteiger partial charge >= 0.3 is 0 Å². The van der Waals surface area contributed by atoms with Crippen LogP contribution in [0.15, 0.2) is 54.6 Å². The van der Waals surface area contributed by atoms with Crippen LogP contribution in [0.4, 0.5) is 11.4 Å². The molecule has 5 aliphatic rings. The highest BCUT2D eigenvalue weighted by Crippen LogP contribution is 2.65. The zero-order valence-corrected chi connectivity index (χ0v) is 17.5. The van der Waals surface area contributed by atoms with Gasteiger partial charge < -0.3 is 5.32 Å². The van der Waals surface area contributed by atoms with Gasteiger partial charge in [-0.1, -0.05) is 30.4 Å². The summed E-state index contributed by atoms with van der Waals surface area (Å²) >= 11 is 0. The van der Waals surface area contributed by atoms with E-state index >= 15 is 0 Å². The number of benzene rings is 2. The summed E-state index contributed by atoms with van der Waals surface area (Å²) < 4.78 is 0. The van der Waals surface area contributed by atoms with Gasteiger partial charge in [0.25, 0.3) is 5.91 Å². The number of anilines is 2. The minimum atomic E-state index is -0.255. The molecule has 6 atom stereocenters. The van der Waals surface area contributed by atoms with Gasteiger partial charge in [-0.15, -0.1) is 0 Å². The predicted octanol–water partition coefficient (Wildman–Crippen LogP) is 4.11. The first-order chi connectivity index (χ1) is 14.9. The molecule has 2 aromatic rings. The average Bonchev–Trinajstić information content (AvgIpc) is 3.54. The normalized spacial score (nSPS) is 32.1. The molecule has 0 aromatic heterocycles. The van der Waals surface area contributed by atoms with E-state index in [2.05, 4.69) is 17.5 Å². The minimum Gasteiger partial charge on any atom is -0.322 e. The number of amides is 3. The van der Waals surface area contributed by atoms with Crippen LogP contribution in [0.3, 0.4) is 0 Å². The summed E-state index contributed by atoms with van der Waals surface area (Å²) in [5.41, 5.74) is 3.72. The first-order valence-electron chi connectivity index (χ1n) is 11.0. The van der Waals surface area contributed by atoms with E-state index < -0.39 is 0 Å². The fourth-order valence-electron chi connectivity index (χ4n) is 6.06. The second-order valence-electron chi connectivity index (χ2n) is 9.49. The number of carbonyl (C=O) groups is 3. The molecule has 4 aliphatic carbocycles. The molecule has 1 N–H and O–H groups in total. The van der Waals surface area contributed by atoms with Gasteiger partial charge in [0.1, 0.15) is 0 Å². The van der Waals surface area contributed by atoms with Gasteiger partial charge in [0.15, 0.2) is 0 Å². The molecule has 0 unspecified atom stereocenters. The Balaban J connectivity index is 1.29. The smallest absolute Gasteiger partial charge is 0.255 e. The van der Waals surface area contributed by atoms with E-state index in [1.165, 1.54) is 4.90 Å². The molecule has 156 valence electrons. The summed E-state index contributed by atoms with van der Waals surface area (Å²) in [5.74, 6) is 0.589. The van der Waals surface area contributed by atoms with E-state index in [4.69, 9.17) is 0 Å². The third-order valence-corrected chi connectivity index (χ3v) is 7.67. The van der Waals surface area contributed by atoms with Crippen molar-refractivity contribution < 1.29 is 14.4 Å². The van der Waals surface area contributed by atoms with E-state index in [0.717, 1.165) is 23.2 Å². The van der Waals surface area contributed by atoms with Crippen LogP contribution in [0.5, 0.6) is 0 Å². The second kappa shape index (κ2) is 6.39. The Labute approximate surface area is 181 Å². The monoisotopic (exact) mass is 412 g/mol. The Hall–Kier alpha value is -3.21. The Kier molecular flexibility index (Phi) is 3.83. The zero-order valence-electron chi connectivity index (χ0n) is 17.5. The van der Waals surface area contributed by atoms with Crippen LogP contribution >= 0.6 is 0 Å². The molecule has 1 saturated heterocycles. The van der Waals surface area contributed by atoms with Crippen molar-refractivity contribution >= 4 is 29.1 Å². The lowest BCUT2D eigenvalue weighted by Gasteiger charge is -2.37. The number of rotatable bonds is 3. The fraction of sp³-hybridized carbons (Fsp3) is 0.346. The number of nitrogens with zero attached hydrogens (tertiary/aromatic N) is 1. The number of allylic oxidation sites excluding steroid dienone is 2. The standard InChI is InChI=1S/C26H24N2O3/c1-13-6-7-14(2)21(10-13)27-24(29)15-4-3-5-16(11-15)28-25(30)22-17-8-9-18(20-12-19(17)20)23(22)26(28)31/h3-11,17-20,22-23H,12H2,1-2H3,(H,27,29)/t17-,18-,19-,20+,22-,23+/m0/s1. The van der Waals surface area contributed by atoms with Crippen molar-refractivity contribution in [2.24, 2.45) is 35.5 Å². The first kappa shape index (κ1) is 18.6. The molecule has 31 heavy (non-hydrogen) atoms. The van der Waals surface area contributed by atoms with Crippen molar-refractivity contribution in [3.63, 3.8) is 0 Å². The Morgan fingerprint density at radius 2 is 1.61 bits per heavy atom. The van der Waals surface area contributed by atoms with E-state index in [9.17, 15) is 14.4 Å². The highest BCUT2D eigenvalue weighted by molar-refractivity contribution is 6.23. The molecule has 3 fully saturated rings. The van der Waals surface area contributed by atoms with Crippen LogP contribution in [0.25, 0.3) is 0 Å². The molecule has 5 heteroatoms. The van der Waals surface area contributed by atoms with Crippen LogP contribution in [0, 0.1) is 49.4 Å². The second-order valence-corrected chi connectivity index (χ2v) is 9.49. The van der Waals surface area contributed by atoms with E-state index in [-0.39, 0.29) is 41.4 Å². The lowest BCUT2D eigenvalue weighted by molar-refractivity contribution is -0.124. The molecule has 3 amide bonds. The van der Waals surface area contributed by atoms with Crippen LogP contribution in [0.2, 0.25) is 0 Å². The topological polar surface area (TPSA) is 66.5 Å². The lowest BCUT2D eigenvalue weighted by atomic mass is 9.63. The highest BCUT2D eigenvalue weighted by atomic mass is 16.2. The maximum atomic E-state index is 13.3. The minimum absolute atomic E-state index is 0.105. The molecule has 5 nitrogen and oxygen atoms in total. The Morgan fingerprint density at radius 1 is 0.935 bits per heavy atom. The summed E-state index contributed by atoms with van der Waals surface area (Å²) in [6, 6.07) is 12.8. The number of carbonyl (C=O) groups excluding carboxylic acids is 3. The van der Waals surface area contributed by atoms with Crippen LogP contribution in [-0.4, -0.2) is 17.7 Å². The lowest BCUT2D eigenvalue weighted by Crippen LogP contribution is -2.40. The van der Waals surface area contributed by atoms with Crippen molar-refractivity contribution in [3.05, 3.63) is 71.3 Å². The summed E-state index contributed by atoms with van der Waals surface area (Å²) in [5, 5.41) is 2.96. The zero-order chi connectivity index (χ0) is 21.4. The van der Waals surface area contributed by atoms with Gasteiger partial charge in [-0.2, -0.15) is 0 Å². The van der Waals surface area contributed by atoms with Gasteiger partial charge in [0.05, 0.1) is 17.5 Å². The molecule has 1 aliphatic heterocycles. The summed E-state index contributed by atoms with van der Waals surface area (Å²) in [6.07, 6.45) is 5.48. The fourth-order valence-corrected chi connectivity index (χ4v) is 6.06. The average molecular weight is 412 g/mol. The molecule has 1 heterocycles. The largest absolute Gasteiger partial charge is 0.322 e. The van der Waals surface area contributed by atoms with E-state index in [1.54, 1.807) is 24.3 Å². The summed E-state index contributed by atoms with van der Waals surface area (Å²) in [7, 11) is 0. The quantitative estimate of drug-likeness (QED) is 0.609. The summed E-state index contributed by atoms with van der Waals surface area (Å²) in [4.78, 5) is 40.9. The highest BCUT2D eigenvalue weighted by Gasteiger charge is 2.67. The van der Waals surface area contributed by atoms with Gasteiger partial charge in [0.2, 0.25) is 11.8 Å². The van der Waals surface area contributed by atoms with Crippen molar-refractivity contribution in [2.75, 3.05) is 10.2 Å². The van der Waals surface area contributed by atoms with Gasteiger partial charge in [0, 0.05) is 11.3 Å². The van der Waals surface area contributed by atoms with Gasteiger partial charge in [-0.25, -0.2) is 4.90 Å². The molecule has 2 saturated carbocycles. The predicted molar refractivity (Wildman–Crippen MR) is 118 cm³/mol. The molecule has 0 spiro atoms. The molecular weight excluding hydrogens is 388 g/mol. The van der Waals surface area contributed by atoms with Crippen molar-refractivity contribution in [2.45, 2.75) is 20.3 Å². The third kappa shape index (κ3) is 2.65. The van der Waals surface area contributed by atoms with Gasteiger partial charge in [-0.05, 0) is 79.3 Å². The van der Waals surface area contributed by atoms with Gasteiger partial charge in [-0.3, -0.25) is 14.4 Å². The van der Waals surface area contributed by atoms with Crippen molar-refractivity contribution in [1.29, 1.82) is 0 Å². The molecular formula is C26H24N2O3. The molecule has 7 rings (SSSR count). The van der Waals surface area contributed by atoms with Crippen LogP contribution < -0.4 is 10.2 Å². The maximum absolute atomic E-state index is 13.3. The number of hydrogen-bond donors (Lipinski definition) is 1. The number of nitrogens with one attached hydrogen (secondary N) is 1. The Bertz CT molecular complexity index is 1150.